The summed E-state index contributed by atoms with van der Waals surface area (Å²) in [5, 5.41) is 0. The maximum Gasteiger partial charge on any atom is 0.434 e. The SMILES string of the molecule is Cc1ccc(CN2CCN(C(=O)OC(C(F)(F)F)C(F)(F)F)CC2)c(N2CC3CN(C(=O)OC(C)(C)C)CC3C2)c1. The van der Waals surface area contributed by atoms with E-state index >= 15 is 0 Å². The van der Waals surface area contributed by atoms with E-state index in [-0.39, 0.29) is 32.3 Å². The lowest BCUT2D eigenvalue weighted by molar-refractivity contribution is -0.308. The van der Waals surface area contributed by atoms with Gasteiger partial charge in [-0.2, -0.15) is 26.3 Å². The Morgan fingerprint density at radius 1 is 0.854 bits per heavy atom. The minimum atomic E-state index is -5.75. The van der Waals surface area contributed by atoms with Crippen molar-refractivity contribution in [2.75, 3.05) is 57.3 Å². The van der Waals surface area contributed by atoms with Crippen LogP contribution in [0, 0.1) is 18.8 Å². The maximum absolute atomic E-state index is 12.8. The number of alkyl halides is 6. The first-order valence-electron chi connectivity index (χ1n) is 13.5. The van der Waals surface area contributed by atoms with Crippen LogP contribution < -0.4 is 4.90 Å². The number of benzene rings is 1. The Kier molecular flexibility index (Phi) is 8.64. The third-order valence-electron chi connectivity index (χ3n) is 7.56. The van der Waals surface area contributed by atoms with Crippen LogP contribution in [0.1, 0.15) is 31.9 Å². The van der Waals surface area contributed by atoms with Crippen molar-refractivity contribution < 1.29 is 45.4 Å². The second-order valence-corrected chi connectivity index (χ2v) is 12.1. The predicted molar refractivity (Wildman–Crippen MR) is 137 cm³/mol. The number of piperazine rings is 1. The van der Waals surface area contributed by atoms with Gasteiger partial charge in [0.05, 0.1) is 0 Å². The molecule has 0 bridgehead atoms. The molecule has 230 valence electrons. The first kappa shape index (κ1) is 31.0. The van der Waals surface area contributed by atoms with Crippen molar-refractivity contribution in [2.24, 2.45) is 11.8 Å². The minimum Gasteiger partial charge on any atom is -0.444 e. The number of hydrogen-bond donors (Lipinski definition) is 0. The van der Waals surface area contributed by atoms with E-state index < -0.39 is 30.2 Å². The van der Waals surface area contributed by atoms with Crippen molar-refractivity contribution in [3.8, 4) is 0 Å². The summed E-state index contributed by atoms with van der Waals surface area (Å²) in [5.74, 6) is 0.616. The van der Waals surface area contributed by atoms with Crippen molar-refractivity contribution in [1.29, 1.82) is 0 Å². The van der Waals surface area contributed by atoms with E-state index in [1.54, 1.807) is 4.90 Å². The lowest BCUT2D eigenvalue weighted by Gasteiger charge is -2.36. The summed E-state index contributed by atoms with van der Waals surface area (Å²) in [5.41, 5.74) is 2.61. The summed E-state index contributed by atoms with van der Waals surface area (Å²) in [4.78, 5) is 31.6. The second-order valence-electron chi connectivity index (χ2n) is 12.1. The zero-order chi connectivity index (χ0) is 30.3. The highest BCUT2D eigenvalue weighted by Crippen LogP contribution is 2.38. The lowest BCUT2D eigenvalue weighted by Crippen LogP contribution is -2.52. The number of anilines is 1. The molecule has 0 radical (unpaired) electrons. The molecule has 1 aromatic rings. The largest absolute Gasteiger partial charge is 0.444 e. The van der Waals surface area contributed by atoms with E-state index in [2.05, 4.69) is 15.7 Å². The normalized spacial score (nSPS) is 22.4. The van der Waals surface area contributed by atoms with Gasteiger partial charge >= 0.3 is 24.5 Å². The molecule has 0 spiro atoms. The predicted octanol–water partition coefficient (Wildman–Crippen LogP) is 5.05. The van der Waals surface area contributed by atoms with Gasteiger partial charge < -0.3 is 24.2 Å². The number of halogens is 6. The first-order valence-corrected chi connectivity index (χ1v) is 13.5. The molecular weight excluding hydrogens is 558 g/mol. The highest BCUT2D eigenvalue weighted by atomic mass is 19.4. The summed E-state index contributed by atoms with van der Waals surface area (Å²) in [6, 6.07) is 6.11. The van der Waals surface area contributed by atoms with E-state index in [0.717, 1.165) is 34.8 Å². The van der Waals surface area contributed by atoms with Gasteiger partial charge in [0.25, 0.3) is 6.10 Å². The molecule has 3 aliphatic heterocycles. The van der Waals surface area contributed by atoms with Crippen LogP contribution in [0.25, 0.3) is 0 Å². The fraction of sp³-hybridized carbons (Fsp3) is 0.704. The summed E-state index contributed by atoms with van der Waals surface area (Å²) in [7, 11) is 0. The van der Waals surface area contributed by atoms with E-state index in [4.69, 9.17) is 4.74 Å². The molecular formula is C27H36F6N4O4. The van der Waals surface area contributed by atoms with Crippen molar-refractivity contribution in [3.63, 3.8) is 0 Å². The molecule has 3 heterocycles. The Hall–Kier alpha value is -2.90. The molecule has 0 aliphatic carbocycles. The van der Waals surface area contributed by atoms with Gasteiger partial charge in [-0.3, -0.25) is 4.90 Å². The zero-order valence-electron chi connectivity index (χ0n) is 23.5. The molecule has 8 nitrogen and oxygen atoms in total. The van der Waals surface area contributed by atoms with Crippen LogP contribution in [0.4, 0.5) is 41.6 Å². The monoisotopic (exact) mass is 594 g/mol. The van der Waals surface area contributed by atoms with Gasteiger partial charge in [0.15, 0.2) is 0 Å². The average molecular weight is 595 g/mol. The van der Waals surface area contributed by atoms with Gasteiger partial charge in [0, 0.05) is 76.4 Å². The van der Waals surface area contributed by atoms with E-state index in [9.17, 15) is 35.9 Å². The van der Waals surface area contributed by atoms with Crippen molar-refractivity contribution in [2.45, 2.75) is 58.3 Å². The molecule has 0 aromatic heterocycles. The Balaban J connectivity index is 1.33. The molecule has 3 fully saturated rings. The second kappa shape index (κ2) is 11.4. The Bertz CT molecular complexity index is 1090. The molecule has 2 atom stereocenters. The Morgan fingerprint density at radius 2 is 1.41 bits per heavy atom. The van der Waals surface area contributed by atoms with Crippen LogP contribution in [-0.4, -0.2) is 103 Å². The average Bonchev–Trinajstić information content (AvgIpc) is 3.41. The highest BCUT2D eigenvalue weighted by molar-refractivity contribution is 5.69. The fourth-order valence-corrected chi connectivity index (χ4v) is 5.59. The number of likely N-dealkylation sites (tertiary alicyclic amines) is 1. The van der Waals surface area contributed by atoms with Gasteiger partial charge in [-0.15, -0.1) is 0 Å². The van der Waals surface area contributed by atoms with Crippen molar-refractivity contribution >= 4 is 17.9 Å². The zero-order valence-corrected chi connectivity index (χ0v) is 23.5. The molecule has 2 unspecified atom stereocenters. The summed E-state index contributed by atoms with van der Waals surface area (Å²) < 4.78 is 86.0. The standard InChI is InChI=1S/C27H36F6N4O4/c1-17-5-6-18(12-34-7-9-35(10-8-34)23(38)40-22(26(28,29)30)27(31,32)33)21(11-17)36-13-19-15-37(16-20(19)14-36)24(39)41-25(2,3)4/h5-6,11,19-20,22H,7-10,12-16H2,1-4H3. The maximum atomic E-state index is 12.8. The number of ether oxygens (including phenoxy) is 2. The lowest BCUT2D eigenvalue weighted by atomic mass is 10.0. The van der Waals surface area contributed by atoms with E-state index in [1.807, 2.05) is 44.7 Å². The molecule has 0 N–H and O–H groups in total. The number of aryl methyl sites for hydroxylation is 1. The van der Waals surface area contributed by atoms with Gasteiger partial charge in [0.2, 0.25) is 0 Å². The van der Waals surface area contributed by atoms with E-state index in [1.165, 1.54) is 0 Å². The quantitative estimate of drug-likeness (QED) is 0.455. The van der Waals surface area contributed by atoms with Crippen LogP contribution >= 0.6 is 0 Å². The molecule has 1 aromatic carbocycles. The first-order chi connectivity index (χ1) is 18.9. The highest BCUT2D eigenvalue weighted by Gasteiger charge is 2.60. The third kappa shape index (κ3) is 7.69. The number of carbonyl (C=O) groups is 2. The fourth-order valence-electron chi connectivity index (χ4n) is 5.59. The van der Waals surface area contributed by atoms with Crippen LogP contribution in [-0.2, 0) is 16.0 Å². The van der Waals surface area contributed by atoms with Gasteiger partial charge in [-0.25, -0.2) is 9.59 Å². The smallest absolute Gasteiger partial charge is 0.434 e. The molecule has 41 heavy (non-hydrogen) atoms. The molecule has 0 saturated carbocycles. The molecule has 3 aliphatic rings. The topological polar surface area (TPSA) is 65.6 Å². The number of carbonyl (C=O) groups excluding carboxylic acids is 2. The third-order valence-corrected chi connectivity index (χ3v) is 7.56. The summed E-state index contributed by atoms with van der Waals surface area (Å²) in [6.45, 7) is 11.2. The Labute approximate surface area is 235 Å². The van der Waals surface area contributed by atoms with E-state index in [0.29, 0.717) is 31.5 Å². The van der Waals surface area contributed by atoms with Crippen LogP contribution in [0.3, 0.4) is 0 Å². The molecule has 2 amide bonds. The minimum absolute atomic E-state index is 0.0587. The number of fused-ring (bicyclic) bond motifs is 1. The van der Waals surface area contributed by atoms with Gasteiger partial charge in [-0.05, 0) is 44.9 Å². The van der Waals surface area contributed by atoms with Crippen molar-refractivity contribution in [1.82, 2.24) is 14.7 Å². The number of rotatable bonds is 4. The van der Waals surface area contributed by atoms with Crippen molar-refractivity contribution in [3.05, 3.63) is 29.3 Å². The van der Waals surface area contributed by atoms with Gasteiger partial charge in [0.1, 0.15) is 5.60 Å². The van der Waals surface area contributed by atoms with Gasteiger partial charge in [-0.1, -0.05) is 12.1 Å². The summed E-state index contributed by atoms with van der Waals surface area (Å²) >= 11 is 0. The van der Waals surface area contributed by atoms with Crippen LogP contribution in [0.2, 0.25) is 0 Å². The van der Waals surface area contributed by atoms with Crippen LogP contribution in [0.5, 0.6) is 0 Å². The number of amides is 2. The van der Waals surface area contributed by atoms with Crippen LogP contribution in [0.15, 0.2) is 18.2 Å². The molecule has 14 heteroatoms. The molecule has 3 saturated heterocycles. The number of nitrogens with zero attached hydrogens (tertiary/aromatic N) is 4. The Morgan fingerprint density at radius 3 is 1.93 bits per heavy atom. The molecule has 4 rings (SSSR count). The number of hydrogen-bond acceptors (Lipinski definition) is 6. The summed E-state index contributed by atoms with van der Waals surface area (Å²) in [6.07, 6.45) is -17.6.